The number of ketones is 1. The molecule has 0 unspecified atom stereocenters. The van der Waals surface area contributed by atoms with Crippen LogP contribution in [0.5, 0.6) is 0 Å². The van der Waals surface area contributed by atoms with E-state index in [4.69, 9.17) is 4.74 Å². The molecule has 8 nitrogen and oxygen atoms in total. The van der Waals surface area contributed by atoms with E-state index in [2.05, 4.69) is 4.72 Å². The number of carbonyl (C=O) groups is 3. The van der Waals surface area contributed by atoms with Crippen LogP contribution >= 0.6 is 0 Å². The van der Waals surface area contributed by atoms with E-state index in [0.717, 1.165) is 6.42 Å². The second-order valence-electron chi connectivity index (χ2n) is 10.2. The minimum atomic E-state index is -4.03. The summed E-state index contributed by atoms with van der Waals surface area (Å²) in [6, 6.07) is -0.888. The summed E-state index contributed by atoms with van der Waals surface area (Å²) in [6.45, 7) is 9.44. The first kappa shape index (κ1) is 22.1. The molecular formula is C20H32N2O6S. The standard InChI is InChI=1S/C20H32N2O6S/c1-18(2,3)28-17(25)22-10-6-7-14(22)16(24)21-29(26,27)12-20-9-8-13(11-15(20)23)19(20,4)5/h13-14H,6-12H2,1-5H3,(H,21,24)/t13-,14-,20-/m0/s1. The van der Waals surface area contributed by atoms with Crippen molar-refractivity contribution < 1.29 is 27.5 Å². The fraction of sp³-hybridized carbons (Fsp3) is 0.850. The van der Waals surface area contributed by atoms with Gasteiger partial charge in [0.15, 0.2) is 0 Å². The minimum absolute atomic E-state index is 0.0205. The van der Waals surface area contributed by atoms with Gasteiger partial charge < -0.3 is 4.74 Å². The van der Waals surface area contributed by atoms with E-state index in [1.807, 2.05) is 13.8 Å². The number of hydrogen-bond acceptors (Lipinski definition) is 6. The van der Waals surface area contributed by atoms with Gasteiger partial charge in [-0.2, -0.15) is 0 Å². The van der Waals surface area contributed by atoms with Crippen molar-refractivity contribution in [3.63, 3.8) is 0 Å². The highest BCUT2D eigenvalue weighted by molar-refractivity contribution is 7.90. The molecule has 2 saturated carbocycles. The fourth-order valence-corrected chi connectivity index (χ4v) is 7.11. The molecule has 3 fully saturated rings. The Morgan fingerprint density at radius 3 is 2.41 bits per heavy atom. The average Bonchev–Trinajstić information content (AvgIpc) is 3.16. The van der Waals surface area contributed by atoms with Crippen molar-refractivity contribution in [3.05, 3.63) is 0 Å². The molecule has 1 aliphatic heterocycles. The molecule has 29 heavy (non-hydrogen) atoms. The van der Waals surface area contributed by atoms with Gasteiger partial charge in [0.25, 0.3) is 5.91 Å². The molecule has 1 heterocycles. The Labute approximate surface area is 172 Å². The zero-order valence-corrected chi connectivity index (χ0v) is 18.7. The van der Waals surface area contributed by atoms with Crippen LogP contribution in [0.25, 0.3) is 0 Å². The molecule has 3 aliphatic rings. The number of rotatable bonds is 4. The van der Waals surface area contributed by atoms with Crippen LogP contribution in [0.3, 0.4) is 0 Å². The molecule has 0 radical (unpaired) electrons. The molecular weight excluding hydrogens is 396 g/mol. The van der Waals surface area contributed by atoms with Crippen LogP contribution in [-0.2, 0) is 24.3 Å². The normalized spacial score (nSPS) is 31.2. The van der Waals surface area contributed by atoms with Gasteiger partial charge in [-0.05, 0) is 57.8 Å². The third kappa shape index (κ3) is 3.90. The number of likely N-dealkylation sites (tertiary alicyclic amines) is 1. The Morgan fingerprint density at radius 2 is 1.90 bits per heavy atom. The van der Waals surface area contributed by atoms with Crippen LogP contribution in [0.4, 0.5) is 4.79 Å². The highest BCUT2D eigenvalue weighted by atomic mass is 32.2. The van der Waals surface area contributed by atoms with Crippen molar-refractivity contribution in [3.8, 4) is 0 Å². The lowest BCUT2D eigenvalue weighted by Crippen LogP contribution is -2.51. The van der Waals surface area contributed by atoms with Gasteiger partial charge in [0.05, 0.1) is 11.2 Å². The average molecular weight is 429 g/mol. The first-order valence-corrected chi connectivity index (χ1v) is 11.9. The second kappa shape index (κ2) is 6.96. The molecule has 1 saturated heterocycles. The van der Waals surface area contributed by atoms with Crippen LogP contribution in [0, 0.1) is 16.7 Å². The van der Waals surface area contributed by atoms with Crippen molar-refractivity contribution in [1.29, 1.82) is 0 Å². The van der Waals surface area contributed by atoms with E-state index in [-0.39, 0.29) is 17.5 Å². The molecule has 0 aromatic carbocycles. The van der Waals surface area contributed by atoms with Crippen LogP contribution < -0.4 is 4.72 Å². The minimum Gasteiger partial charge on any atom is -0.444 e. The largest absolute Gasteiger partial charge is 0.444 e. The van der Waals surface area contributed by atoms with Gasteiger partial charge in [-0.15, -0.1) is 0 Å². The maximum absolute atomic E-state index is 12.9. The summed E-state index contributed by atoms with van der Waals surface area (Å²) in [7, 11) is -4.03. The van der Waals surface area contributed by atoms with E-state index >= 15 is 0 Å². The lowest BCUT2D eigenvalue weighted by atomic mass is 9.70. The van der Waals surface area contributed by atoms with Gasteiger partial charge in [-0.3, -0.25) is 19.2 Å². The van der Waals surface area contributed by atoms with Gasteiger partial charge in [-0.25, -0.2) is 13.2 Å². The zero-order chi connectivity index (χ0) is 21.8. The van der Waals surface area contributed by atoms with Crippen LogP contribution in [0.15, 0.2) is 0 Å². The smallest absolute Gasteiger partial charge is 0.410 e. The number of amides is 2. The van der Waals surface area contributed by atoms with Crippen LogP contribution in [-0.4, -0.2) is 55.0 Å². The Kier molecular flexibility index (Phi) is 5.29. The third-order valence-corrected chi connectivity index (χ3v) is 8.40. The predicted octanol–water partition coefficient (Wildman–Crippen LogP) is 2.23. The van der Waals surface area contributed by atoms with Crippen molar-refractivity contribution in [2.45, 2.75) is 78.4 Å². The van der Waals surface area contributed by atoms with Crippen LogP contribution in [0.1, 0.15) is 66.7 Å². The number of hydrogen-bond donors (Lipinski definition) is 1. The van der Waals surface area contributed by atoms with Gasteiger partial charge in [-0.1, -0.05) is 13.8 Å². The van der Waals surface area contributed by atoms with E-state index in [1.54, 1.807) is 20.8 Å². The van der Waals surface area contributed by atoms with E-state index in [0.29, 0.717) is 32.2 Å². The molecule has 2 amide bonds. The van der Waals surface area contributed by atoms with E-state index < -0.39 is 44.5 Å². The maximum Gasteiger partial charge on any atom is 0.410 e. The highest BCUT2D eigenvalue weighted by Crippen LogP contribution is 2.64. The number of ether oxygens (including phenoxy) is 1. The predicted molar refractivity (Wildman–Crippen MR) is 106 cm³/mol. The molecule has 2 aliphatic carbocycles. The van der Waals surface area contributed by atoms with Crippen molar-refractivity contribution in [2.75, 3.05) is 12.3 Å². The maximum atomic E-state index is 12.9. The Balaban J connectivity index is 1.71. The summed E-state index contributed by atoms with van der Waals surface area (Å²) < 4.78 is 33.2. The SMILES string of the molecule is CC(C)(C)OC(=O)N1CCC[C@H]1C(=O)NS(=O)(=O)C[C@@]12CC[C@@H](CC1=O)C2(C)C. The third-order valence-electron chi connectivity index (χ3n) is 7.02. The van der Waals surface area contributed by atoms with Gasteiger partial charge in [0.2, 0.25) is 10.0 Å². The molecule has 1 N–H and O–H groups in total. The summed E-state index contributed by atoms with van der Waals surface area (Å²) in [5, 5.41) is 0. The number of fused-ring (bicyclic) bond motifs is 2. The molecule has 164 valence electrons. The van der Waals surface area contributed by atoms with Crippen LogP contribution in [0.2, 0.25) is 0 Å². The number of Topliss-reactive ketones (excluding diaryl/α,β-unsaturated/α-hetero) is 1. The number of nitrogens with one attached hydrogen (secondary N) is 1. The second-order valence-corrected chi connectivity index (χ2v) is 11.9. The lowest BCUT2D eigenvalue weighted by molar-refractivity contribution is -0.128. The molecule has 3 rings (SSSR count). The van der Waals surface area contributed by atoms with Crippen molar-refractivity contribution in [2.24, 2.45) is 16.7 Å². The van der Waals surface area contributed by atoms with Gasteiger partial charge in [0, 0.05) is 13.0 Å². The zero-order valence-electron chi connectivity index (χ0n) is 17.9. The topological polar surface area (TPSA) is 110 Å². The molecule has 3 atom stereocenters. The van der Waals surface area contributed by atoms with Crippen molar-refractivity contribution >= 4 is 27.8 Å². The summed E-state index contributed by atoms with van der Waals surface area (Å²) in [6.07, 6.45) is 2.11. The summed E-state index contributed by atoms with van der Waals surface area (Å²) in [5.41, 5.74) is -2.05. The first-order chi connectivity index (χ1) is 13.2. The molecule has 2 bridgehead atoms. The summed E-state index contributed by atoms with van der Waals surface area (Å²) in [5.74, 6) is -0.943. The molecule has 9 heteroatoms. The number of nitrogens with zero attached hydrogens (tertiary/aromatic N) is 1. The molecule has 0 aromatic rings. The lowest BCUT2D eigenvalue weighted by Gasteiger charge is -2.36. The highest BCUT2D eigenvalue weighted by Gasteiger charge is 2.65. The Morgan fingerprint density at radius 1 is 1.24 bits per heavy atom. The number of carbonyl (C=O) groups excluding carboxylic acids is 3. The molecule has 0 aromatic heterocycles. The first-order valence-electron chi connectivity index (χ1n) is 10.3. The monoisotopic (exact) mass is 428 g/mol. The fourth-order valence-electron chi connectivity index (χ4n) is 5.27. The quantitative estimate of drug-likeness (QED) is 0.735. The van der Waals surface area contributed by atoms with Gasteiger partial charge >= 0.3 is 6.09 Å². The summed E-state index contributed by atoms with van der Waals surface area (Å²) in [4.78, 5) is 39.0. The Bertz CT molecular complexity index is 828. The van der Waals surface area contributed by atoms with E-state index in [9.17, 15) is 22.8 Å². The van der Waals surface area contributed by atoms with Gasteiger partial charge in [0.1, 0.15) is 17.4 Å². The van der Waals surface area contributed by atoms with E-state index in [1.165, 1.54) is 4.90 Å². The van der Waals surface area contributed by atoms with Crippen molar-refractivity contribution in [1.82, 2.24) is 9.62 Å². The molecule has 0 spiro atoms. The number of sulfonamides is 1. The Hall–Kier alpha value is -1.64. The summed E-state index contributed by atoms with van der Waals surface area (Å²) >= 11 is 0.